The van der Waals surface area contributed by atoms with Crippen LogP contribution in [0.25, 0.3) is 10.9 Å². The molecule has 0 saturated carbocycles. The summed E-state index contributed by atoms with van der Waals surface area (Å²) in [6, 6.07) is 10.4. The third kappa shape index (κ3) is 5.02. The van der Waals surface area contributed by atoms with E-state index in [2.05, 4.69) is 15.0 Å². The van der Waals surface area contributed by atoms with Crippen LogP contribution in [-0.2, 0) is 21.3 Å². The summed E-state index contributed by atoms with van der Waals surface area (Å²) in [5.41, 5.74) is 2.28. The van der Waals surface area contributed by atoms with Crippen LogP contribution in [0.15, 0.2) is 42.6 Å². The van der Waals surface area contributed by atoms with E-state index in [0.717, 1.165) is 6.26 Å². The Hall–Kier alpha value is -3.53. The Morgan fingerprint density at radius 2 is 1.75 bits per heavy atom. The van der Waals surface area contributed by atoms with Gasteiger partial charge in [-0.05, 0) is 30.7 Å². The quantitative estimate of drug-likeness (QED) is 0.468. The van der Waals surface area contributed by atoms with E-state index in [-0.39, 0.29) is 18.7 Å². The first kappa shape index (κ1) is 23.1. The maximum atomic E-state index is 12.7. The number of hydrogen-bond donors (Lipinski definition) is 2. The number of carbonyl (C=O) groups is 1. The molecular formula is C22H25N3O6S. The van der Waals surface area contributed by atoms with Crippen molar-refractivity contribution in [2.24, 2.45) is 0 Å². The molecule has 32 heavy (non-hydrogen) atoms. The molecule has 0 unspecified atom stereocenters. The van der Waals surface area contributed by atoms with Gasteiger partial charge in [-0.2, -0.15) is 0 Å². The number of sulfonamides is 1. The minimum Gasteiger partial charge on any atom is -0.496 e. The molecule has 0 aliphatic carbocycles. The summed E-state index contributed by atoms with van der Waals surface area (Å²) >= 11 is 0. The predicted octanol–water partition coefficient (Wildman–Crippen LogP) is 3.41. The molecule has 3 rings (SSSR count). The normalized spacial score (nSPS) is 11.1. The van der Waals surface area contributed by atoms with E-state index in [1.165, 1.54) is 20.4 Å². The number of fused-ring (bicyclic) bond motifs is 1. The van der Waals surface area contributed by atoms with Crippen LogP contribution in [0.1, 0.15) is 22.8 Å². The number of para-hydroxylation sites is 1. The molecule has 9 nitrogen and oxygen atoms in total. The number of carbonyl (C=O) groups excluding carboxylic acids is 1. The van der Waals surface area contributed by atoms with Gasteiger partial charge in [0.1, 0.15) is 22.6 Å². The summed E-state index contributed by atoms with van der Waals surface area (Å²) in [5.74, 6) is 0.458. The Morgan fingerprint density at radius 1 is 1.06 bits per heavy atom. The lowest BCUT2D eigenvalue weighted by Gasteiger charge is -2.18. The summed E-state index contributed by atoms with van der Waals surface area (Å²) in [6.07, 6.45) is 2.51. The van der Waals surface area contributed by atoms with Crippen LogP contribution in [-0.4, -0.2) is 46.5 Å². The summed E-state index contributed by atoms with van der Waals surface area (Å²) in [4.78, 5) is 17.1. The van der Waals surface area contributed by atoms with Crippen molar-refractivity contribution in [3.05, 3.63) is 53.7 Å². The van der Waals surface area contributed by atoms with Gasteiger partial charge in [-0.25, -0.2) is 13.2 Å². The highest BCUT2D eigenvalue weighted by Gasteiger charge is 2.21. The topological polar surface area (TPSA) is 116 Å². The summed E-state index contributed by atoms with van der Waals surface area (Å²) in [7, 11) is -0.413. The molecule has 1 aromatic heterocycles. The summed E-state index contributed by atoms with van der Waals surface area (Å²) in [5, 5.41) is 3.80. The van der Waals surface area contributed by atoms with E-state index < -0.39 is 16.0 Å². The van der Waals surface area contributed by atoms with Crippen molar-refractivity contribution in [1.82, 2.24) is 4.98 Å². The van der Waals surface area contributed by atoms with E-state index in [1.54, 1.807) is 43.3 Å². The molecule has 1 heterocycles. The van der Waals surface area contributed by atoms with Gasteiger partial charge in [0.15, 0.2) is 0 Å². The molecule has 10 heteroatoms. The number of methoxy groups -OCH3 is 2. The van der Waals surface area contributed by atoms with Crippen LogP contribution < -0.4 is 19.5 Å². The first-order chi connectivity index (χ1) is 15.3. The zero-order valence-electron chi connectivity index (χ0n) is 18.3. The summed E-state index contributed by atoms with van der Waals surface area (Å²) < 4.78 is 42.1. The molecule has 0 spiro atoms. The maximum Gasteiger partial charge on any atom is 0.341 e. The molecule has 2 N–H and O–H groups in total. The molecule has 0 fully saturated rings. The lowest BCUT2D eigenvalue weighted by atomic mass is 10.1. The molecule has 0 saturated heterocycles. The largest absolute Gasteiger partial charge is 0.496 e. The number of anilines is 2. The van der Waals surface area contributed by atoms with Crippen LogP contribution in [0.5, 0.6) is 11.5 Å². The highest BCUT2D eigenvalue weighted by molar-refractivity contribution is 7.92. The van der Waals surface area contributed by atoms with E-state index >= 15 is 0 Å². The van der Waals surface area contributed by atoms with Crippen molar-refractivity contribution in [1.29, 1.82) is 0 Å². The third-order valence-corrected chi connectivity index (χ3v) is 5.24. The molecule has 0 aliphatic rings. The number of ether oxygens (including phenoxy) is 3. The number of aromatic nitrogens is 1. The minimum absolute atomic E-state index is 0.201. The van der Waals surface area contributed by atoms with Gasteiger partial charge >= 0.3 is 5.97 Å². The minimum atomic E-state index is -3.46. The fourth-order valence-corrected chi connectivity index (χ4v) is 3.89. The number of rotatable bonds is 9. The average Bonchev–Trinajstić information content (AvgIpc) is 2.76. The van der Waals surface area contributed by atoms with E-state index in [0.29, 0.717) is 39.3 Å². The van der Waals surface area contributed by atoms with Crippen molar-refractivity contribution in [2.45, 2.75) is 13.5 Å². The molecule has 0 amide bonds. The third-order valence-electron chi connectivity index (χ3n) is 4.65. The molecule has 0 radical (unpaired) electrons. The van der Waals surface area contributed by atoms with Gasteiger partial charge in [0.25, 0.3) is 0 Å². The van der Waals surface area contributed by atoms with Crippen LogP contribution in [0.3, 0.4) is 0 Å². The van der Waals surface area contributed by atoms with Crippen LogP contribution in [0.2, 0.25) is 0 Å². The Labute approximate surface area is 186 Å². The molecule has 2 aromatic carbocycles. The molecule has 170 valence electrons. The van der Waals surface area contributed by atoms with Crippen LogP contribution in [0, 0.1) is 0 Å². The van der Waals surface area contributed by atoms with Gasteiger partial charge in [-0.3, -0.25) is 9.71 Å². The number of nitrogens with zero attached hydrogens (tertiary/aromatic N) is 1. The molecule has 3 aromatic rings. The van der Waals surface area contributed by atoms with E-state index in [4.69, 9.17) is 14.2 Å². The van der Waals surface area contributed by atoms with Gasteiger partial charge in [-0.1, -0.05) is 18.2 Å². The number of esters is 1. The zero-order chi connectivity index (χ0) is 23.3. The second-order valence-corrected chi connectivity index (χ2v) is 8.59. The highest BCUT2D eigenvalue weighted by Crippen LogP contribution is 2.39. The van der Waals surface area contributed by atoms with Crippen molar-refractivity contribution in [2.75, 3.05) is 37.1 Å². The first-order valence-corrected chi connectivity index (χ1v) is 11.7. The Bertz CT molecular complexity index is 1240. The smallest absolute Gasteiger partial charge is 0.341 e. The first-order valence-electron chi connectivity index (χ1n) is 9.79. The van der Waals surface area contributed by atoms with Crippen molar-refractivity contribution < 1.29 is 27.4 Å². The Morgan fingerprint density at radius 3 is 2.41 bits per heavy atom. The highest BCUT2D eigenvalue weighted by atomic mass is 32.2. The van der Waals surface area contributed by atoms with Crippen LogP contribution >= 0.6 is 0 Å². The molecule has 0 bridgehead atoms. The number of hydrogen-bond acceptors (Lipinski definition) is 8. The average molecular weight is 460 g/mol. The zero-order valence-corrected chi connectivity index (χ0v) is 19.1. The lowest BCUT2D eigenvalue weighted by Crippen LogP contribution is -2.14. The molecule has 0 atom stereocenters. The fraction of sp³-hybridized carbons (Fsp3) is 0.273. The van der Waals surface area contributed by atoms with Crippen molar-refractivity contribution >= 4 is 38.3 Å². The fourth-order valence-electron chi connectivity index (χ4n) is 3.29. The summed E-state index contributed by atoms with van der Waals surface area (Å²) in [6.45, 7) is 2.13. The van der Waals surface area contributed by atoms with Gasteiger partial charge in [0.2, 0.25) is 10.0 Å². The second-order valence-electron chi connectivity index (χ2n) is 6.85. The van der Waals surface area contributed by atoms with Crippen molar-refractivity contribution in [3.8, 4) is 11.5 Å². The van der Waals surface area contributed by atoms with E-state index in [1.807, 2.05) is 0 Å². The standard InChI is InChI=1S/C22H25N3O6S/c1-5-31-22(26)15-13-24-21-18(30-3)11-10-17(29-2)19(21)20(15)23-12-14-8-6-7-9-16(14)25-32(4,27)28/h6-11,13,25H,5,12H2,1-4H3,(H,23,24). The monoisotopic (exact) mass is 459 g/mol. The van der Waals surface area contributed by atoms with Gasteiger partial charge < -0.3 is 19.5 Å². The molecule has 0 aliphatic heterocycles. The van der Waals surface area contributed by atoms with Crippen molar-refractivity contribution in [3.63, 3.8) is 0 Å². The Kier molecular flexibility index (Phi) is 7.04. The van der Waals surface area contributed by atoms with Crippen LogP contribution in [0.4, 0.5) is 11.4 Å². The number of nitrogens with one attached hydrogen (secondary N) is 2. The maximum absolute atomic E-state index is 12.7. The number of pyridine rings is 1. The predicted molar refractivity (Wildman–Crippen MR) is 123 cm³/mol. The lowest BCUT2D eigenvalue weighted by molar-refractivity contribution is 0.0527. The number of benzene rings is 2. The SMILES string of the molecule is CCOC(=O)c1cnc2c(OC)ccc(OC)c2c1NCc1ccccc1NS(C)(=O)=O. The second kappa shape index (κ2) is 9.73. The Balaban J connectivity index is 2.14. The van der Waals surface area contributed by atoms with Gasteiger partial charge in [0.05, 0.1) is 43.8 Å². The van der Waals surface area contributed by atoms with E-state index in [9.17, 15) is 13.2 Å². The van der Waals surface area contributed by atoms with Gasteiger partial charge in [0, 0.05) is 12.7 Å². The van der Waals surface area contributed by atoms with Gasteiger partial charge in [-0.15, -0.1) is 0 Å². The molecular weight excluding hydrogens is 434 g/mol.